The summed E-state index contributed by atoms with van der Waals surface area (Å²) in [6.45, 7) is 3.80. The van der Waals surface area contributed by atoms with Crippen molar-refractivity contribution < 1.29 is 19.8 Å². The first-order chi connectivity index (χ1) is 9.42. The zero-order valence-electron chi connectivity index (χ0n) is 11.6. The van der Waals surface area contributed by atoms with Gasteiger partial charge in [0.25, 0.3) is 0 Å². The van der Waals surface area contributed by atoms with Gasteiger partial charge in [-0.2, -0.15) is 0 Å². The van der Waals surface area contributed by atoms with Crippen LogP contribution in [0.2, 0.25) is 0 Å². The number of aliphatic hydroxyl groups is 1. The molecule has 0 saturated carbocycles. The molecule has 1 atom stereocenters. The molecule has 0 saturated heterocycles. The molecule has 6 heteroatoms. The average Bonchev–Trinajstić information content (AvgIpc) is 2.32. The topological polar surface area (TPSA) is 98.7 Å². The normalized spacial score (nSPS) is 11.9. The van der Waals surface area contributed by atoms with Gasteiger partial charge in [-0.1, -0.05) is 6.07 Å². The van der Waals surface area contributed by atoms with E-state index in [9.17, 15) is 9.59 Å². The maximum absolute atomic E-state index is 11.8. The van der Waals surface area contributed by atoms with Crippen molar-refractivity contribution in [3.63, 3.8) is 0 Å². The molecule has 6 nitrogen and oxygen atoms in total. The second kappa shape index (κ2) is 7.62. The van der Waals surface area contributed by atoms with Crippen molar-refractivity contribution >= 4 is 17.6 Å². The summed E-state index contributed by atoms with van der Waals surface area (Å²) in [5, 5.41) is 22.9. The van der Waals surface area contributed by atoms with E-state index in [0.717, 1.165) is 11.1 Å². The number of carboxylic acid groups (broad SMARTS) is 1. The zero-order valence-corrected chi connectivity index (χ0v) is 11.6. The van der Waals surface area contributed by atoms with Gasteiger partial charge in [0.1, 0.15) is 6.04 Å². The van der Waals surface area contributed by atoms with E-state index in [-0.39, 0.29) is 25.5 Å². The van der Waals surface area contributed by atoms with Crippen LogP contribution in [0.25, 0.3) is 0 Å². The van der Waals surface area contributed by atoms with E-state index in [4.69, 9.17) is 10.2 Å². The van der Waals surface area contributed by atoms with Gasteiger partial charge in [-0.15, -0.1) is 0 Å². The van der Waals surface area contributed by atoms with Crippen LogP contribution < -0.4 is 10.6 Å². The summed E-state index contributed by atoms with van der Waals surface area (Å²) in [6, 6.07) is 4.62. The molecule has 1 unspecified atom stereocenters. The molecule has 1 rings (SSSR count). The van der Waals surface area contributed by atoms with Gasteiger partial charge in [0, 0.05) is 12.2 Å². The predicted molar refractivity (Wildman–Crippen MR) is 75.7 cm³/mol. The van der Waals surface area contributed by atoms with E-state index in [1.807, 2.05) is 32.0 Å². The van der Waals surface area contributed by atoms with Crippen molar-refractivity contribution in [1.82, 2.24) is 5.32 Å². The molecule has 0 aliphatic carbocycles. The van der Waals surface area contributed by atoms with E-state index < -0.39 is 12.0 Å². The molecule has 0 radical (unpaired) electrons. The van der Waals surface area contributed by atoms with Gasteiger partial charge in [-0.05, 0) is 37.1 Å². The minimum Gasteiger partial charge on any atom is -0.480 e. The van der Waals surface area contributed by atoms with E-state index in [2.05, 4.69) is 10.6 Å². The first-order valence-electron chi connectivity index (χ1n) is 6.37. The van der Waals surface area contributed by atoms with Crippen LogP contribution in [0.5, 0.6) is 0 Å². The second-order valence-corrected chi connectivity index (χ2v) is 4.70. The van der Waals surface area contributed by atoms with E-state index in [1.165, 1.54) is 0 Å². The van der Waals surface area contributed by atoms with Gasteiger partial charge in [-0.3, -0.25) is 9.59 Å². The van der Waals surface area contributed by atoms with Crippen molar-refractivity contribution in [2.24, 2.45) is 0 Å². The van der Waals surface area contributed by atoms with Crippen LogP contribution in [0, 0.1) is 13.8 Å². The molecule has 0 fully saturated rings. The quantitative estimate of drug-likeness (QED) is 0.588. The molecule has 0 aliphatic rings. The van der Waals surface area contributed by atoms with Gasteiger partial charge in [-0.25, -0.2) is 0 Å². The fraction of sp³-hybridized carbons (Fsp3) is 0.429. The minimum absolute atomic E-state index is 0.133. The first kappa shape index (κ1) is 16.1. The number of rotatable bonds is 7. The van der Waals surface area contributed by atoms with Crippen LogP contribution in [-0.4, -0.2) is 41.3 Å². The largest absolute Gasteiger partial charge is 0.480 e. The molecule has 1 aromatic carbocycles. The fourth-order valence-corrected chi connectivity index (χ4v) is 1.93. The molecule has 20 heavy (non-hydrogen) atoms. The van der Waals surface area contributed by atoms with Gasteiger partial charge >= 0.3 is 5.97 Å². The number of carboxylic acids is 1. The highest BCUT2D eigenvalue weighted by molar-refractivity contribution is 5.94. The lowest BCUT2D eigenvalue weighted by Crippen LogP contribution is -2.41. The SMILES string of the molecule is Cc1cc(C)cc(NC(=O)CC(NCCO)C(=O)O)c1. The molecule has 110 valence electrons. The zero-order chi connectivity index (χ0) is 15.1. The van der Waals surface area contributed by atoms with E-state index in [0.29, 0.717) is 5.69 Å². The Morgan fingerprint density at radius 2 is 1.80 bits per heavy atom. The number of anilines is 1. The molecule has 4 N–H and O–H groups in total. The third-order valence-corrected chi connectivity index (χ3v) is 2.70. The van der Waals surface area contributed by atoms with Crippen molar-refractivity contribution in [3.05, 3.63) is 29.3 Å². The molecule has 0 aliphatic heterocycles. The summed E-state index contributed by atoms with van der Waals surface area (Å²) in [5.41, 5.74) is 2.70. The standard InChI is InChI=1S/C14H20N2O4/c1-9-5-10(2)7-11(6-9)16-13(18)8-12(14(19)20)15-3-4-17/h5-7,12,15,17H,3-4,8H2,1-2H3,(H,16,18)(H,19,20). The summed E-state index contributed by atoms with van der Waals surface area (Å²) in [6.07, 6.45) is -0.192. The van der Waals surface area contributed by atoms with E-state index >= 15 is 0 Å². The summed E-state index contributed by atoms with van der Waals surface area (Å²) in [5.74, 6) is -1.50. The van der Waals surface area contributed by atoms with Gasteiger partial charge in [0.2, 0.25) is 5.91 Å². The Hall–Kier alpha value is -1.92. The van der Waals surface area contributed by atoms with Crippen molar-refractivity contribution in [2.75, 3.05) is 18.5 Å². The minimum atomic E-state index is -1.12. The highest BCUT2D eigenvalue weighted by Crippen LogP contribution is 2.14. The maximum Gasteiger partial charge on any atom is 0.321 e. The smallest absolute Gasteiger partial charge is 0.321 e. The molecule has 1 amide bonds. The van der Waals surface area contributed by atoms with Crippen LogP contribution in [0.15, 0.2) is 18.2 Å². The van der Waals surface area contributed by atoms with Crippen LogP contribution in [-0.2, 0) is 9.59 Å². The lowest BCUT2D eigenvalue weighted by molar-refractivity contribution is -0.141. The number of hydrogen-bond donors (Lipinski definition) is 4. The predicted octanol–water partition coefficient (Wildman–Crippen LogP) is 0.667. The van der Waals surface area contributed by atoms with Crippen LogP contribution >= 0.6 is 0 Å². The molecular formula is C14H20N2O4. The van der Waals surface area contributed by atoms with Crippen molar-refractivity contribution in [3.8, 4) is 0 Å². The maximum atomic E-state index is 11.8. The van der Waals surface area contributed by atoms with Crippen LogP contribution in [0.1, 0.15) is 17.5 Å². The number of nitrogens with one attached hydrogen (secondary N) is 2. The summed E-state index contributed by atoms with van der Waals surface area (Å²) >= 11 is 0. The Labute approximate surface area is 117 Å². The molecule has 0 heterocycles. The lowest BCUT2D eigenvalue weighted by atomic mass is 10.1. The summed E-state index contributed by atoms with van der Waals surface area (Å²) in [4.78, 5) is 22.8. The summed E-state index contributed by atoms with van der Waals surface area (Å²) in [7, 11) is 0. The Bertz CT molecular complexity index is 468. The van der Waals surface area contributed by atoms with Crippen LogP contribution in [0.4, 0.5) is 5.69 Å². The number of amides is 1. The second-order valence-electron chi connectivity index (χ2n) is 4.70. The third-order valence-electron chi connectivity index (χ3n) is 2.70. The Morgan fingerprint density at radius 1 is 1.20 bits per heavy atom. The lowest BCUT2D eigenvalue weighted by Gasteiger charge is -2.14. The number of aliphatic carboxylic acids is 1. The number of carbonyl (C=O) groups excluding carboxylic acids is 1. The molecule has 0 bridgehead atoms. The van der Waals surface area contributed by atoms with Crippen molar-refractivity contribution in [1.29, 1.82) is 0 Å². The molecule has 0 aromatic heterocycles. The van der Waals surface area contributed by atoms with Gasteiger partial charge in [0.15, 0.2) is 0 Å². The van der Waals surface area contributed by atoms with Gasteiger partial charge < -0.3 is 20.8 Å². The van der Waals surface area contributed by atoms with E-state index in [1.54, 1.807) is 0 Å². The molecule has 0 spiro atoms. The van der Waals surface area contributed by atoms with Gasteiger partial charge in [0.05, 0.1) is 13.0 Å². The Kier molecular flexibility index (Phi) is 6.14. The number of aliphatic hydroxyl groups excluding tert-OH is 1. The highest BCUT2D eigenvalue weighted by Gasteiger charge is 2.20. The number of hydrogen-bond acceptors (Lipinski definition) is 4. The average molecular weight is 280 g/mol. The monoisotopic (exact) mass is 280 g/mol. The Balaban J connectivity index is 2.63. The summed E-state index contributed by atoms with van der Waals surface area (Å²) < 4.78 is 0. The third kappa shape index (κ3) is 5.38. The highest BCUT2D eigenvalue weighted by atomic mass is 16.4. The van der Waals surface area contributed by atoms with Crippen LogP contribution in [0.3, 0.4) is 0 Å². The van der Waals surface area contributed by atoms with Crippen molar-refractivity contribution in [2.45, 2.75) is 26.3 Å². The molecule has 1 aromatic rings. The number of carbonyl (C=O) groups is 2. The Morgan fingerprint density at radius 3 is 2.30 bits per heavy atom. The molecular weight excluding hydrogens is 260 g/mol. The fourth-order valence-electron chi connectivity index (χ4n) is 1.93. The first-order valence-corrected chi connectivity index (χ1v) is 6.37. The number of benzene rings is 1. The number of aryl methyl sites for hydroxylation is 2.